The van der Waals surface area contributed by atoms with Gasteiger partial charge in [0, 0.05) is 8.95 Å². The fourth-order valence-corrected chi connectivity index (χ4v) is 2.89. The number of benzene rings is 2. The minimum atomic E-state index is -0.216. The van der Waals surface area contributed by atoms with Gasteiger partial charge < -0.3 is 5.32 Å². The maximum absolute atomic E-state index is 13.4. The van der Waals surface area contributed by atoms with Crippen LogP contribution in [0, 0.1) is 5.82 Å². The number of rotatable bonds is 4. The molecule has 0 radical (unpaired) electrons. The Morgan fingerprint density at radius 1 is 1.16 bits per heavy atom. The molecule has 1 N–H and O–H groups in total. The number of hydrogen-bond donors (Lipinski definition) is 1. The number of halogens is 3. The zero-order chi connectivity index (χ0) is 13.8. The van der Waals surface area contributed by atoms with E-state index in [1.165, 1.54) is 6.07 Å². The fourth-order valence-electron chi connectivity index (χ4n) is 2.03. The molecule has 1 unspecified atom stereocenters. The molecule has 2 rings (SSSR count). The highest BCUT2D eigenvalue weighted by Gasteiger charge is 2.16. The molecule has 0 bridgehead atoms. The highest BCUT2D eigenvalue weighted by molar-refractivity contribution is 9.11. The predicted octanol–water partition coefficient (Wildman–Crippen LogP) is 5.05. The van der Waals surface area contributed by atoms with E-state index in [4.69, 9.17) is 0 Å². The van der Waals surface area contributed by atoms with Crippen LogP contribution in [0.4, 0.5) is 4.39 Å². The average Bonchev–Trinajstić information content (AvgIpc) is 2.39. The maximum Gasteiger partial charge on any atom is 0.123 e. The van der Waals surface area contributed by atoms with Gasteiger partial charge in [0.2, 0.25) is 0 Å². The Labute approximate surface area is 129 Å². The van der Waals surface area contributed by atoms with E-state index < -0.39 is 0 Å². The van der Waals surface area contributed by atoms with Gasteiger partial charge in [0.1, 0.15) is 5.82 Å². The van der Waals surface area contributed by atoms with Crippen LogP contribution in [0.1, 0.15) is 24.1 Å². The summed E-state index contributed by atoms with van der Waals surface area (Å²) in [5, 5.41) is 3.39. The molecule has 0 fully saturated rings. The molecule has 0 aliphatic rings. The lowest BCUT2D eigenvalue weighted by molar-refractivity contribution is 0.602. The van der Waals surface area contributed by atoms with E-state index in [9.17, 15) is 4.39 Å². The molecule has 0 saturated carbocycles. The van der Waals surface area contributed by atoms with Crippen molar-refractivity contribution in [1.82, 2.24) is 5.32 Å². The van der Waals surface area contributed by atoms with Gasteiger partial charge in [-0.25, -0.2) is 4.39 Å². The van der Waals surface area contributed by atoms with Gasteiger partial charge >= 0.3 is 0 Å². The van der Waals surface area contributed by atoms with E-state index in [1.54, 1.807) is 12.1 Å². The molecule has 0 aromatic heterocycles. The molecule has 4 heteroatoms. The summed E-state index contributed by atoms with van der Waals surface area (Å²) < 4.78 is 15.4. The third kappa shape index (κ3) is 3.65. The Balaban J connectivity index is 2.48. The van der Waals surface area contributed by atoms with Gasteiger partial charge in [-0.15, -0.1) is 0 Å². The van der Waals surface area contributed by atoms with E-state index in [1.807, 2.05) is 31.2 Å². The maximum atomic E-state index is 13.4. The fraction of sp³-hybridized carbons (Fsp3) is 0.200. The summed E-state index contributed by atoms with van der Waals surface area (Å²) in [7, 11) is 0. The van der Waals surface area contributed by atoms with Crippen molar-refractivity contribution in [2.75, 3.05) is 6.54 Å². The smallest absolute Gasteiger partial charge is 0.123 e. The Morgan fingerprint density at radius 3 is 2.63 bits per heavy atom. The van der Waals surface area contributed by atoms with Crippen LogP contribution in [0.15, 0.2) is 51.4 Å². The number of hydrogen-bond acceptors (Lipinski definition) is 1. The van der Waals surface area contributed by atoms with E-state index in [0.717, 1.165) is 26.6 Å². The van der Waals surface area contributed by atoms with Gasteiger partial charge in [0.25, 0.3) is 0 Å². The van der Waals surface area contributed by atoms with Crippen molar-refractivity contribution < 1.29 is 4.39 Å². The first-order valence-electron chi connectivity index (χ1n) is 6.05. The van der Waals surface area contributed by atoms with Crippen molar-refractivity contribution in [1.29, 1.82) is 0 Å². The summed E-state index contributed by atoms with van der Waals surface area (Å²) in [6, 6.07) is 12.7. The van der Waals surface area contributed by atoms with E-state index in [2.05, 4.69) is 37.2 Å². The second-order valence-corrected chi connectivity index (χ2v) is 5.98. The standard InChI is InChI=1S/C15H14Br2FN/c1-2-19-15(10-4-3-5-12(18)8-10)13-9-11(16)6-7-14(13)17/h3-9,15,19H,2H2,1H3. The Kier molecular flexibility index (Phi) is 5.13. The molecule has 0 saturated heterocycles. The highest BCUT2D eigenvalue weighted by atomic mass is 79.9. The van der Waals surface area contributed by atoms with Gasteiger partial charge in [-0.2, -0.15) is 0 Å². The minimum Gasteiger partial charge on any atom is -0.306 e. The molecule has 0 heterocycles. The third-order valence-electron chi connectivity index (χ3n) is 2.86. The molecule has 1 atom stereocenters. The van der Waals surface area contributed by atoms with Gasteiger partial charge in [-0.3, -0.25) is 0 Å². The lowest BCUT2D eigenvalue weighted by atomic mass is 9.98. The predicted molar refractivity (Wildman–Crippen MR) is 83.8 cm³/mol. The van der Waals surface area contributed by atoms with E-state index >= 15 is 0 Å². The zero-order valence-corrected chi connectivity index (χ0v) is 13.6. The molecule has 0 aliphatic heterocycles. The van der Waals surface area contributed by atoms with Crippen molar-refractivity contribution in [3.63, 3.8) is 0 Å². The second-order valence-electron chi connectivity index (χ2n) is 4.21. The van der Waals surface area contributed by atoms with Crippen molar-refractivity contribution in [3.8, 4) is 0 Å². The largest absolute Gasteiger partial charge is 0.306 e. The van der Waals surface area contributed by atoms with Crippen molar-refractivity contribution in [3.05, 3.63) is 68.4 Å². The topological polar surface area (TPSA) is 12.0 Å². The summed E-state index contributed by atoms with van der Waals surface area (Å²) >= 11 is 7.04. The summed E-state index contributed by atoms with van der Waals surface area (Å²) in [6.45, 7) is 2.85. The molecule has 2 aromatic rings. The highest BCUT2D eigenvalue weighted by Crippen LogP contribution is 2.31. The van der Waals surface area contributed by atoms with Gasteiger partial charge in [0.15, 0.2) is 0 Å². The lowest BCUT2D eigenvalue weighted by Crippen LogP contribution is -2.22. The molecule has 0 spiro atoms. The first-order chi connectivity index (χ1) is 9.11. The SMILES string of the molecule is CCNC(c1cccc(F)c1)c1cc(Br)ccc1Br. The first-order valence-corrected chi connectivity index (χ1v) is 7.64. The Morgan fingerprint density at radius 2 is 1.95 bits per heavy atom. The summed E-state index contributed by atoms with van der Waals surface area (Å²) in [5.41, 5.74) is 2.00. The minimum absolute atomic E-state index is 0.0347. The van der Waals surface area contributed by atoms with Crippen LogP contribution in [-0.4, -0.2) is 6.54 Å². The molecule has 2 aromatic carbocycles. The van der Waals surface area contributed by atoms with Gasteiger partial charge in [0.05, 0.1) is 6.04 Å². The van der Waals surface area contributed by atoms with Crippen LogP contribution in [-0.2, 0) is 0 Å². The average molecular weight is 387 g/mol. The second kappa shape index (κ2) is 6.64. The van der Waals surface area contributed by atoms with Crippen LogP contribution in [0.5, 0.6) is 0 Å². The van der Waals surface area contributed by atoms with Crippen LogP contribution < -0.4 is 5.32 Å². The van der Waals surface area contributed by atoms with Crippen LogP contribution in [0.3, 0.4) is 0 Å². The Hall–Kier alpha value is -0.710. The van der Waals surface area contributed by atoms with Crippen LogP contribution in [0.25, 0.3) is 0 Å². The normalized spacial score (nSPS) is 12.4. The molecule has 1 nitrogen and oxygen atoms in total. The van der Waals surface area contributed by atoms with E-state index in [0.29, 0.717) is 0 Å². The molecular formula is C15H14Br2FN. The summed E-state index contributed by atoms with van der Waals surface area (Å²) in [5.74, 6) is -0.216. The van der Waals surface area contributed by atoms with Gasteiger partial charge in [-0.05, 0) is 48.0 Å². The van der Waals surface area contributed by atoms with Crippen molar-refractivity contribution in [2.45, 2.75) is 13.0 Å². The Bertz CT molecular complexity index is 572. The first kappa shape index (κ1) is 14.7. The van der Waals surface area contributed by atoms with Crippen LogP contribution in [0.2, 0.25) is 0 Å². The number of nitrogens with one attached hydrogen (secondary N) is 1. The quantitative estimate of drug-likeness (QED) is 0.775. The molecule has 19 heavy (non-hydrogen) atoms. The van der Waals surface area contributed by atoms with Crippen LogP contribution >= 0.6 is 31.9 Å². The molecule has 0 aliphatic carbocycles. The molecule has 100 valence electrons. The van der Waals surface area contributed by atoms with Crippen molar-refractivity contribution in [2.24, 2.45) is 0 Å². The lowest BCUT2D eigenvalue weighted by Gasteiger charge is -2.20. The zero-order valence-electron chi connectivity index (χ0n) is 10.5. The monoisotopic (exact) mass is 385 g/mol. The van der Waals surface area contributed by atoms with Crippen molar-refractivity contribution >= 4 is 31.9 Å². The molecule has 0 amide bonds. The molecular weight excluding hydrogens is 373 g/mol. The summed E-state index contributed by atoms with van der Waals surface area (Å²) in [4.78, 5) is 0. The third-order valence-corrected chi connectivity index (χ3v) is 4.07. The van der Waals surface area contributed by atoms with Gasteiger partial charge in [-0.1, -0.05) is 50.9 Å². The summed E-state index contributed by atoms with van der Waals surface area (Å²) in [6.07, 6.45) is 0. The van der Waals surface area contributed by atoms with E-state index in [-0.39, 0.29) is 11.9 Å².